The molecule has 0 radical (unpaired) electrons. The van der Waals surface area contributed by atoms with E-state index >= 15 is 0 Å². The number of aromatic nitrogens is 1. The monoisotopic (exact) mass is 368 g/mol. The number of allylic oxidation sites excluding steroid dienone is 2. The summed E-state index contributed by atoms with van der Waals surface area (Å²) in [5.74, 6) is 0. The Morgan fingerprint density at radius 2 is 2.16 bits per heavy atom. The minimum Gasteiger partial charge on any atom is -0.332 e. The molecule has 1 aromatic heterocycles. The van der Waals surface area contributed by atoms with Crippen molar-refractivity contribution in [3.05, 3.63) is 82.0 Å². The Morgan fingerprint density at radius 1 is 1.36 bits per heavy atom. The second-order valence-corrected chi connectivity index (χ2v) is 7.64. The average Bonchev–Trinajstić information content (AvgIpc) is 3.03. The largest absolute Gasteiger partial charge is 0.332 e. The Bertz CT molecular complexity index is 889. The number of fused-ring (bicyclic) bond motifs is 1. The first-order valence-corrected chi connectivity index (χ1v) is 9.46. The zero-order chi connectivity index (χ0) is 18.0. The van der Waals surface area contributed by atoms with Crippen LogP contribution in [0.25, 0.3) is 11.6 Å². The summed E-state index contributed by atoms with van der Waals surface area (Å²) >= 11 is 7.72. The predicted octanol–water partition coefficient (Wildman–Crippen LogP) is 6.73. The molecule has 1 heterocycles. The third kappa shape index (κ3) is 3.94. The molecule has 0 saturated heterocycles. The molecule has 0 amide bonds. The number of hydrogen-bond acceptors (Lipinski definition) is 3. The van der Waals surface area contributed by atoms with E-state index in [1.807, 2.05) is 18.3 Å². The summed E-state index contributed by atoms with van der Waals surface area (Å²) in [7, 11) is 0. The highest BCUT2D eigenvalue weighted by atomic mass is 35.5. The normalized spacial score (nSPS) is 13.2. The highest BCUT2D eigenvalue weighted by Gasteiger charge is 2.17. The summed E-state index contributed by atoms with van der Waals surface area (Å²) in [6.45, 7) is 14.7. The Kier molecular flexibility index (Phi) is 5.26. The van der Waals surface area contributed by atoms with Crippen LogP contribution < -0.4 is 5.32 Å². The van der Waals surface area contributed by atoms with E-state index in [0.29, 0.717) is 0 Å². The summed E-state index contributed by atoms with van der Waals surface area (Å²) in [4.78, 5) is 5.56. The Morgan fingerprint density at radius 3 is 2.92 bits per heavy atom. The Balaban J connectivity index is 1.79. The standard InChI is InChI=1S/C21H21ClN2S/c1-5-6-13(2)20-12-23-21(25-20)24-15(4)19-11-17-10-18(22)8-7-16(17)9-14(19)3/h7-8,10-12H,2-6,9H2,1H3,(H,23,24). The first-order chi connectivity index (χ1) is 12.0. The van der Waals surface area contributed by atoms with Gasteiger partial charge in [0.2, 0.25) is 0 Å². The zero-order valence-electron chi connectivity index (χ0n) is 14.4. The minimum absolute atomic E-state index is 0.736. The highest BCUT2D eigenvalue weighted by molar-refractivity contribution is 7.16. The number of nitrogens with one attached hydrogen (secondary N) is 1. The van der Waals surface area contributed by atoms with Crippen LogP contribution in [0.15, 0.2) is 61.0 Å². The fourth-order valence-corrected chi connectivity index (χ4v) is 3.88. The number of anilines is 1. The quantitative estimate of drug-likeness (QED) is 0.611. The van der Waals surface area contributed by atoms with E-state index in [2.05, 4.69) is 49.1 Å². The molecule has 0 aliphatic heterocycles. The molecule has 1 aliphatic rings. The predicted molar refractivity (Wildman–Crippen MR) is 111 cm³/mol. The van der Waals surface area contributed by atoms with E-state index < -0.39 is 0 Å². The number of thiazole rings is 1. The molecule has 0 unspecified atom stereocenters. The van der Waals surface area contributed by atoms with Crippen molar-refractivity contribution in [2.24, 2.45) is 0 Å². The van der Waals surface area contributed by atoms with Crippen LogP contribution in [0.3, 0.4) is 0 Å². The fourth-order valence-electron chi connectivity index (χ4n) is 2.86. The SMILES string of the molecule is C=C1Cc2ccc(Cl)cc2C=C1C(=C)Nc1ncc(C(=C)CCC)s1. The number of halogens is 1. The second kappa shape index (κ2) is 7.42. The van der Waals surface area contributed by atoms with Gasteiger partial charge in [0, 0.05) is 22.5 Å². The van der Waals surface area contributed by atoms with Gasteiger partial charge in [-0.15, -0.1) is 0 Å². The van der Waals surface area contributed by atoms with Gasteiger partial charge in [-0.25, -0.2) is 4.98 Å². The number of hydrogen-bond donors (Lipinski definition) is 1. The maximum Gasteiger partial charge on any atom is 0.187 e. The van der Waals surface area contributed by atoms with Crippen LogP contribution in [0, 0.1) is 0 Å². The summed E-state index contributed by atoms with van der Waals surface area (Å²) < 4.78 is 0. The Labute approximate surface area is 158 Å². The van der Waals surface area contributed by atoms with Crippen molar-refractivity contribution in [2.45, 2.75) is 26.2 Å². The second-order valence-electron chi connectivity index (χ2n) is 6.17. The first kappa shape index (κ1) is 17.7. The summed E-state index contributed by atoms with van der Waals surface area (Å²) in [6, 6.07) is 5.95. The summed E-state index contributed by atoms with van der Waals surface area (Å²) in [5, 5.41) is 4.87. The minimum atomic E-state index is 0.736. The zero-order valence-corrected chi connectivity index (χ0v) is 15.9. The van der Waals surface area contributed by atoms with Crippen molar-refractivity contribution in [3.8, 4) is 0 Å². The summed E-state index contributed by atoms with van der Waals surface area (Å²) in [5.41, 5.74) is 6.34. The van der Waals surface area contributed by atoms with Gasteiger partial charge in [-0.05, 0) is 53.3 Å². The lowest BCUT2D eigenvalue weighted by molar-refractivity contribution is 0.977. The van der Waals surface area contributed by atoms with Crippen molar-refractivity contribution in [3.63, 3.8) is 0 Å². The molecule has 0 atom stereocenters. The fraction of sp³-hybridized carbons (Fsp3) is 0.190. The van der Waals surface area contributed by atoms with Crippen LogP contribution in [0.2, 0.25) is 5.02 Å². The molecule has 0 fully saturated rings. The maximum absolute atomic E-state index is 6.12. The third-order valence-corrected chi connectivity index (χ3v) is 5.43. The Hall–Kier alpha value is -2.10. The van der Waals surface area contributed by atoms with Crippen LogP contribution in [-0.2, 0) is 6.42 Å². The van der Waals surface area contributed by atoms with E-state index in [9.17, 15) is 0 Å². The smallest absolute Gasteiger partial charge is 0.187 e. The van der Waals surface area contributed by atoms with Gasteiger partial charge in [0.25, 0.3) is 0 Å². The van der Waals surface area contributed by atoms with Crippen molar-refractivity contribution in [2.75, 3.05) is 5.32 Å². The van der Waals surface area contributed by atoms with Gasteiger partial charge >= 0.3 is 0 Å². The molecule has 1 aliphatic carbocycles. The van der Waals surface area contributed by atoms with Crippen molar-refractivity contribution in [1.82, 2.24) is 4.98 Å². The third-order valence-electron chi connectivity index (χ3n) is 4.18. The van der Waals surface area contributed by atoms with Crippen molar-refractivity contribution in [1.29, 1.82) is 0 Å². The summed E-state index contributed by atoms with van der Waals surface area (Å²) in [6.07, 6.45) is 6.84. The van der Waals surface area contributed by atoms with Gasteiger partial charge in [-0.1, -0.05) is 62.1 Å². The van der Waals surface area contributed by atoms with Crippen LogP contribution in [0.4, 0.5) is 5.13 Å². The van der Waals surface area contributed by atoms with Gasteiger partial charge in [-0.2, -0.15) is 0 Å². The molecule has 2 aromatic rings. The van der Waals surface area contributed by atoms with Gasteiger partial charge in [-0.3, -0.25) is 0 Å². The first-order valence-electron chi connectivity index (χ1n) is 8.26. The van der Waals surface area contributed by atoms with Gasteiger partial charge in [0.05, 0.1) is 4.88 Å². The van der Waals surface area contributed by atoms with Gasteiger partial charge in [0.1, 0.15) is 0 Å². The molecule has 0 saturated carbocycles. The van der Waals surface area contributed by atoms with Crippen molar-refractivity contribution >= 4 is 39.7 Å². The van der Waals surface area contributed by atoms with Crippen LogP contribution >= 0.6 is 22.9 Å². The molecule has 3 rings (SSSR count). The lowest BCUT2D eigenvalue weighted by Crippen LogP contribution is -2.08. The van der Waals surface area contributed by atoms with Gasteiger partial charge in [0.15, 0.2) is 5.13 Å². The van der Waals surface area contributed by atoms with E-state index in [-0.39, 0.29) is 0 Å². The molecule has 128 valence electrons. The van der Waals surface area contributed by atoms with E-state index in [1.54, 1.807) is 11.3 Å². The van der Waals surface area contributed by atoms with Crippen LogP contribution in [0.5, 0.6) is 0 Å². The average molecular weight is 369 g/mol. The number of nitrogens with zero attached hydrogens (tertiary/aromatic N) is 1. The van der Waals surface area contributed by atoms with Crippen LogP contribution in [0.1, 0.15) is 35.8 Å². The molecular formula is C21H21ClN2S. The topological polar surface area (TPSA) is 24.9 Å². The molecule has 4 heteroatoms. The molecule has 1 N–H and O–H groups in total. The number of rotatable bonds is 6. The number of benzene rings is 1. The van der Waals surface area contributed by atoms with E-state index in [4.69, 9.17) is 11.6 Å². The van der Waals surface area contributed by atoms with E-state index in [0.717, 1.165) is 62.3 Å². The molecular weight excluding hydrogens is 348 g/mol. The highest BCUT2D eigenvalue weighted by Crippen LogP contribution is 2.34. The van der Waals surface area contributed by atoms with E-state index in [1.165, 1.54) is 5.56 Å². The lowest BCUT2D eigenvalue weighted by Gasteiger charge is -2.21. The molecule has 1 aromatic carbocycles. The van der Waals surface area contributed by atoms with Gasteiger partial charge < -0.3 is 5.32 Å². The molecule has 25 heavy (non-hydrogen) atoms. The molecule has 0 bridgehead atoms. The molecule has 2 nitrogen and oxygen atoms in total. The van der Waals surface area contributed by atoms with Crippen LogP contribution in [-0.4, -0.2) is 4.98 Å². The van der Waals surface area contributed by atoms with Crippen molar-refractivity contribution < 1.29 is 0 Å². The lowest BCUT2D eigenvalue weighted by atomic mass is 9.87. The maximum atomic E-state index is 6.12. The molecule has 0 spiro atoms.